The molecule has 0 saturated carbocycles. The number of benzene rings is 1. The number of hydrogen-bond donors (Lipinski definition) is 1. The lowest BCUT2D eigenvalue weighted by molar-refractivity contribution is 0.0904. The maximum absolute atomic E-state index is 12.8. The summed E-state index contributed by atoms with van der Waals surface area (Å²) >= 11 is 0. The minimum absolute atomic E-state index is 0.0752. The molecule has 3 heterocycles. The number of aryl methyl sites for hydroxylation is 2. The molecule has 8 heteroatoms. The van der Waals surface area contributed by atoms with Crippen molar-refractivity contribution in [1.29, 1.82) is 0 Å². The highest BCUT2D eigenvalue weighted by atomic mass is 16.2. The molecule has 31 heavy (non-hydrogen) atoms. The molecule has 0 atom stereocenters. The molecular weight excluding hydrogens is 394 g/mol. The first-order chi connectivity index (χ1) is 14.8. The van der Waals surface area contributed by atoms with Crippen molar-refractivity contribution in [2.45, 2.75) is 32.4 Å². The van der Waals surface area contributed by atoms with E-state index < -0.39 is 11.2 Å². The second-order valence-electron chi connectivity index (χ2n) is 8.29. The van der Waals surface area contributed by atoms with Gasteiger partial charge in [0.2, 0.25) is 0 Å². The molecule has 1 saturated heterocycles. The van der Waals surface area contributed by atoms with E-state index in [1.54, 1.807) is 13.1 Å². The number of fused-ring (bicyclic) bond motifs is 1. The van der Waals surface area contributed by atoms with E-state index >= 15 is 0 Å². The number of amides is 1. The summed E-state index contributed by atoms with van der Waals surface area (Å²) in [6, 6.07) is 11.7. The van der Waals surface area contributed by atoms with Crippen molar-refractivity contribution in [1.82, 2.24) is 24.3 Å². The molecule has 2 aromatic heterocycles. The van der Waals surface area contributed by atoms with Crippen molar-refractivity contribution in [3.63, 3.8) is 0 Å². The van der Waals surface area contributed by atoms with Crippen LogP contribution in [0.2, 0.25) is 0 Å². The van der Waals surface area contributed by atoms with Gasteiger partial charge in [-0.15, -0.1) is 0 Å². The third-order valence-corrected chi connectivity index (χ3v) is 5.95. The fraction of sp³-hybridized carbons (Fsp3) is 0.391. The van der Waals surface area contributed by atoms with E-state index in [-0.39, 0.29) is 23.3 Å². The molecule has 4 rings (SSSR count). The Morgan fingerprint density at radius 2 is 1.84 bits per heavy atom. The van der Waals surface area contributed by atoms with Gasteiger partial charge < -0.3 is 5.32 Å². The standard InChI is InChI=1S/C23H27N5O3/c1-15-5-4-6-16(13-15)14-28-11-9-17(10-12-28)24-21(29)19-8-7-18-20(25-19)26(2)23(31)27(3)22(18)30/h4-8,13,17H,9-12,14H2,1-3H3,(H,24,29). The summed E-state index contributed by atoms with van der Waals surface area (Å²) in [5, 5.41) is 3.37. The molecule has 1 aliphatic heterocycles. The average Bonchev–Trinajstić information content (AvgIpc) is 2.77. The first-order valence-corrected chi connectivity index (χ1v) is 10.5. The van der Waals surface area contributed by atoms with Crippen LogP contribution in [0, 0.1) is 6.92 Å². The lowest BCUT2D eigenvalue weighted by Gasteiger charge is -2.32. The van der Waals surface area contributed by atoms with E-state index in [4.69, 9.17) is 0 Å². The molecule has 0 spiro atoms. The van der Waals surface area contributed by atoms with Gasteiger partial charge in [-0.05, 0) is 37.5 Å². The SMILES string of the molecule is Cc1cccc(CN2CCC(NC(=O)c3ccc4c(=O)n(C)c(=O)n(C)c4n3)CC2)c1. The molecule has 3 aromatic rings. The van der Waals surface area contributed by atoms with Crippen LogP contribution < -0.4 is 16.6 Å². The Morgan fingerprint density at radius 1 is 1.10 bits per heavy atom. The molecule has 162 valence electrons. The summed E-state index contributed by atoms with van der Waals surface area (Å²) in [6.07, 6.45) is 1.73. The maximum Gasteiger partial charge on any atom is 0.332 e. The zero-order valence-corrected chi connectivity index (χ0v) is 18.1. The van der Waals surface area contributed by atoms with Crippen molar-refractivity contribution < 1.29 is 4.79 Å². The van der Waals surface area contributed by atoms with Crippen LogP contribution in [0.4, 0.5) is 0 Å². The van der Waals surface area contributed by atoms with Gasteiger partial charge in [-0.25, -0.2) is 9.78 Å². The Morgan fingerprint density at radius 3 is 2.55 bits per heavy atom. The fourth-order valence-electron chi connectivity index (χ4n) is 4.14. The minimum atomic E-state index is -0.469. The Labute approximate surface area is 180 Å². The summed E-state index contributed by atoms with van der Waals surface area (Å²) < 4.78 is 2.32. The third kappa shape index (κ3) is 4.29. The normalized spacial score (nSPS) is 15.3. The lowest BCUT2D eigenvalue weighted by atomic mass is 10.0. The van der Waals surface area contributed by atoms with Gasteiger partial charge in [0.1, 0.15) is 11.3 Å². The van der Waals surface area contributed by atoms with E-state index in [1.807, 2.05) is 0 Å². The molecule has 8 nitrogen and oxygen atoms in total. The summed E-state index contributed by atoms with van der Waals surface area (Å²) in [5.41, 5.74) is 2.10. The summed E-state index contributed by atoms with van der Waals surface area (Å²) in [6.45, 7) is 4.84. The van der Waals surface area contributed by atoms with E-state index in [0.29, 0.717) is 5.39 Å². The quantitative estimate of drug-likeness (QED) is 0.687. The van der Waals surface area contributed by atoms with Crippen molar-refractivity contribution in [2.24, 2.45) is 14.1 Å². The number of pyridine rings is 1. The molecule has 0 bridgehead atoms. The molecular formula is C23H27N5O3. The maximum atomic E-state index is 12.8. The van der Waals surface area contributed by atoms with Gasteiger partial charge in [-0.1, -0.05) is 29.8 Å². The van der Waals surface area contributed by atoms with Crippen molar-refractivity contribution >= 4 is 16.9 Å². The number of carbonyl (C=O) groups is 1. The Balaban J connectivity index is 1.42. The number of carbonyl (C=O) groups excluding carboxylic acids is 1. The van der Waals surface area contributed by atoms with Crippen LogP contribution in [0.3, 0.4) is 0 Å². The molecule has 1 fully saturated rings. The van der Waals surface area contributed by atoms with Crippen LogP contribution in [-0.2, 0) is 20.6 Å². The predicted octanol–water partition coefficient (Wildman–Crippen LogP) is 1.34. The van der Waals surface area contributed by atoms with Gasteiger partial charge in [0, 0.05) is 39.8 Å². The summed E-state index contributed by atoms with van der Waals surface area (Å²) in [5.74, 6) is -0.285. The highest BCUT2D eigenvalue weighted by Crippen LogP contribution is 2.15. The monoisotopic (exact) mass is 421 g/mol. The van der Waals surface area contributed by atoms with Crippen molar-refractivity contribution in [3.05, 3.63) is 74.1 Å². The summed E-state index contributed by atoms with van der Waals surface area (Å²) in [7, 11) is 2.97. The largest absolute Gasteiger partial charge is 0.348 e. The summed E-state index contributed by atoms with van der Waals surface area (Å²) in [4.78, 5) is 43.9. The Kier molecular flexibility index (Phi) is 5.73. The van der Waals surface area contributed by atoms with Crippen LogP contribution in [0.5, 0.6) is 0 Å². The van der Waals surface area contributed by atoms with Gasteiger partial charge in [0.25, 0.3) is 11.5 Å². The van der Waals surface area contributed by atoms with Crippen LogP contribution in [-0.4, -0.2) is 44.1 Å². The second-order valence-corrected chi connectivity index (χ2v) is 8.29. The van der Waals surface area contributed by atoms with E-state index in [2.05, 4.69) is 46.4 Å². The third-order valence-electron chi connectivity index (χ3n) is 5.95. The zero-order chi connectivity index (χ0) is 22.1. The smallest absolute Gasteiger partial charge is 0.332 e. The van der Waals surface area contributed by atoms with Crippen molar-refractivity contribution in [2.75, 3.05) is 13.1 Å². The minimum Gasteiger partial charge on any atom is -0.348 e. The van der Waals surface area contributed by atoms with Crippen LogP contribution in [0.15, 0.2) is 46.0 Å². The van der Waals surface area contributed by atoms with Crippen LogP contribution >= 0.6 is 0 Å². The van der Waals surface area contributed by atoms with Crippen LogP contribution in [0.25, 0.3) is 11.0 Å². The number of rotatable bonds is 4. The number of likely N-dealkylation sites (tertiary alicyclic amines) is 1. The molecule has 0 radical (unpaired) electrons. The number of nitrogens with zero attached hydrogens (tertiary/aromatic N) is 4. The zero-order valence-electron chi connectivity index (χ0n) is 18.1. The Bertz CT molecular complexity index is 1250. The number of aromatic nitrogens is 3. The van der Waals surface area contributed by atoms with Gasteiger partial charge >= 0.3 is 5.69 Å². The first-order valence-electron chi connectivity index (χ1n) is 10.5. The number of piperidine rings is 1. The molecule has 0 unspecified atom stereocenters. The van der Waals surface area contributed by atoms with Gasteiger partial charge in [0.05, 0.1) is 5.39 Å². The van der Waals surface area contributed by atoms with E-state index in [9.17, 15) is 14.4 Å². The van der Waals surface area contributed by atoms with Crippen molar-refractivity contribution in [3.8, 4) is 0 Å². The predicted molar refractivity (Wildman–Crippen MR) is 119 cm³/mol. The second kappa shape index (κ2) is 8.47. The van der Waals surface area contributed by atoms with Gasteiger partial charge in [0.15, 0.2) is 0 Å². The molecule has 0 aliphatic carbocycles. The first kappa shape index (κ1) is 21.0. The highest BCUT2D eigenvalue weighted by Gasteiger charge is 2.22. The highest BCUT2D eigenvalue weighted by molar-refractivity contribution is 5.94. The van der Waals surface area contributed by atoms with Crippen LogP contribution in [0.1, 0.15) is 34.5 Å². The average molecular weight is 422 g/mol. The molecule has 1 aliphatic rings. The fourth-order valence-corrected chi connectivity index (χ4v) is 4.14. The van der Waals surface area contributed by atoms with E-state index in [1.165, 1.54) is 28.8 Å². The molecule has 1 N–H and O–H groups in total. The number of nitrogens with one attached hydrogen (secondary N) is 1. The van der Waals surface area contributed by atoms with E-state index in [0.717, 1.165) is 37.0 Å². The van der Waals surface area contributed by atoms with Gasteiger partial charge in [-0.2, -0.15) is 0 Å². The topological polar surface area (TPSA) is 89.2 Å². The lowest BCUT2D eigenvalue weighted by Crippen LogP contribution is -2.44. The van der Waals surface area contributed by atoms with Gasteiger partial charge in [-0.3, -0.25) is 23.6 Å². The number of hydrogen-bond acceptors (Lipinski definition) is 5. The Hall–Kier alpha value is -3.26. The molecule has 1 aromatic carbocycles. The molecule has 1 amide bonds.